The molecular formula is C24H25N4O4+. The summed E-state index contributed by atoms with van der Waals surface area (Å²) in [5.41, 5.74) is 1.75. The van der Waals surface area contributed by atoms with Crippen molar-refractivity contribution in [2.24, 2.45) is 0 Å². The predicted octanol–water partition coefficient (Wildman–Crippen LogP) is 2.30. The summed E-state index contributed by atoms with van der Waals surface area (Å²) >= 11 is 0. The topological polar surface area (TPSA) is 90.7 Å². The zero-order valence-corrected chi connectivity index (χ0v) is 17.9. The Morgan fingerprint density at radius 3 is 2.34 bits per heavy atom. The minimum atomic E-state index is -0.538. The lowest BCUT2D eigenvalue weighted by molar-refractivity contribution is -0.123. The van der Waals surface area contributed by atoms with Gasteiger partial charge in [-0.05, 0) is 31.2 Å². The van der Waals surface area contributed by atoms with Gasteiger partial charge in [0.1, 0.15) is 18.8 Å². The number of anilines is 1. The number of quaternary nitrogens is 1. The summed E-state index contributed by atoms with van der Waals surface area (Å²) in [6, 6.07) is 15.4. The van der Waals surface area contributed by atoms with Crippen LogP contribution in [0.2, 0.25) is 0 Å². The molecule has 0 spiro atoms. The van der Waals surface area contributed by atoms with Crippen molar-refractivity contribution < 1.29 is 19.1 Å². The number of carbonyl (C=O) groups excluding carboxylic acids is 3. The molecule has 2 aliphatic heterocycles. The average Bonchev–Trinajstić information content (AvgIpc) is 3.13. The van der Waals surface area contributed by atoms with Crippen molar-refractivity contribution in [3.63, 3.8) is 0 Å². The van der Waals surface area contributed by atoms with Crippen LogP contribution in [0.1, 0.15) is 23.7 Å². The highest BCUT2D eigenvalue weighted by Crippen LogP contribution is 2.29. The standard InChI is InChI=1S/C24H25N4O4/c1-2-32-24(31)18-8-10-19(11-9-18)27-22(29)16-21(23(27)30)26-12-14-28(17-25,15-13-26)20-6-4-3-5-7-20/h3-11,21H,2,12-16H2,1H3/q+1. The van der Waals surface area contributed by atoms with Gasteiger partial charge in [0.15, 0.2) is 0 Å². The van der Waals surface area contributed by atoms with E-state index in [1.165, 1.54) is 4.90 Å². The van der Waals surface area contributed by atoms with Crippen molar-refractivity contribution in [1.29, 1.82) is 5.26 Å². The lowest BCUT2D eigenvalue weighted by atomic mass is 10.1. The normalized spacial score (nSPS) is 20.8. The molecule has 0 bridgehead atoms. The van der Waals surface area contributed by atoms with Crippen LogP contribution in [-0.4, -0.2) is 61.5 Å². The Hall–Kier alpha value is -3.54. The Morgan fingerprint density at radius 2 is 1.75 bits per heavy atom. The fraction of sp³-hybridized carbons (Fsp3) is 0.333. The van der Waals surface area contributed by atoms with E-state index in [1.54, 1.807) is 31.2 Å². The van der Waals surface area contributed by atoms with Gasteiger partial charge in [0.2, 0.25) is 5.91 Å². The van der Waals surface area contributed by atoms with E-state index in [0.717, 1.165) is 5.69 Å². The molecule has 0 aliphatic carbocycles. The molecule has 1 atom stereocenters. The van der Waals surface area contributed by atoms with Crippen LogP contribution in [0.5, 0.6) is 0 Å². The zero-order valence-electron chi connectivity index (χ0n) is 17.9. The quantitative estimate of drug-likeness (QED) is 0.311. The van der Waals surface area contributed by atoms with E-state index in [1.807, 2.05) is 35.2 Å². The first kappa shape index (κ1) is 21.7. The van der Waals surface area contributed by atoms with Crippen molar-refractivity contribution in [1.82, 2.24) is 9.38 Å². The molecule has 8 nitrogen and oxygen atoms in total. The lowest BCUT2D eigenvalue weighted by Crippen LogP contribution is -2.60. The fourth-order valence-electron chi connectivity index (χ4n) is 4.40. The number of benzene rings is 2. The second-order valence-electron chi connectivity index (χ2n) is 7.94. The molecule has 2 aliphatic rings. The van der Waals surface area contributed by atoms with Gasteiger partial charge in [-0.1, -0.05) is 18.2 Å². The third-order valence-electron chi connectivity index (χ3n) is 6.18. The molecule has 1 unspecified atom stereocenters. The largest absolute Gasteiger partial charge is 0.462 e. The minimum Gasteiger partial charge on any atom is -0.462 e. The number of nitriles is 1. The van der Waals surface area contributed by atoms with Crippen LogP contribution in [-0.2, 0) is 14.3 Å². The van der Waals surface area contributed by atoms with Crippen LogP contribution in [0.25, 0.3) is 0 Å². The highest BCUT2D eigenvalue weighted by Gasteiger charge is 2.46. The predicted molar refractivity (Wildman–Crippen MR) is 118 cm³/mol. The number of carbonyl (C=O) groups is 3. The van der Waals surface area contributed by atoms with Gasteiger partial charge >= 0.3 is 12.2 Å². The van der Waals surface area contributed by atoms with E-state index in [2.05, 4.69) is 6.19 Å². The van der Waals surface area contributed by atoms with Gasteiger partial charge in [0.05, 0.1) is 43.4 Å². The van der Waals surface area contributed by atoms with Gasteiger partial charge in [-0.3, -0.25) is 14.5 Å². The number of amides is 2. The molecule has 0 saturated carbocycles. The first-order chi connectivity index (χ1) is 15.5. The maximum Gasteiger partial charge on any atom is 0.338 e. The molecule has 0 aromatic heterocycles. The summed E-state index contributed by atoms with van der Waals surface area (Å²) in [4.78, 5) is 40.9. The second-order valence-corrected chi connectivity index (χ2v) is 7.94. The maximum atomic E-state index is 13.1. The van der Waals surface area contributed by atoms with Gasteiger partial charge < -0.3 is 4.74 Å². The Bertz CT molecular complexity index is 1050. The minimum absolute atomic E-state index is 0.107. The van der Waals surface area contributed by atoms with E-state index in [0.29, 0.717) is 37.4 Å². The highest BCUT2D eigenvalue weighted by molar-refractivity contribution is 6.22. The van der Waals surface area contributed by atoms with Crippen LogP contribution in [0.4, 0.5) is 11.4 Å². The summed E-state index contributed by atoms with van der Waals surface area (Å²) in [6.45, 7) is 4.19. The first-order valence-corrected chi connectivity index (χ1v) is 10.7. The number of para-hydroxylation sites is 1. The molecule has 2 aromatic rings. The maximum absolute atomic E-state index is 13.1. The Labute approximate surface area is 186 Å². The summed E-state index contributed by atoms with van der Waals surface area (Å²) in [5.74, 6) is -0.976. The van der Waals surface area contributed by atoms with Gasteiger partial charge in [-0.15, -0.1) is 5.26 Å². The van der Waals surface area contributed by atoms with Crippen molar-refractivity contribution in [2.75, 3.05) is 37.7 Å². The number of esters is 1. The number of piperazine rings is 1. The zero-order chi connectivity index (χ0) is 22.7. The van der Waals surface area contributed by atoms with Crippen LogP contribution in [0, 0.1) is 11.5 Å². The molecule has 164 valence electrons. The average molecular weight is 433 g/mol. The SMILES string of the molecule is CCOC(=O)c1ccc(N2C(=O)CC(N3CC[N+](C#N)(c4ccccc4)CC3)C2=O)cc1. The molecule has 2 fully saturated rings. The fourth-order valence-corrected chi connectivity index (χ4v) is 4.40. The number of hydrogen-bond acceptors (Lipinski definition) is 6. The molecule has 2 aromatic carbocycles. The molecule has 8 heteroatoms. The van der Waals surface area contributed by atoms with Crippen LogP contribution < -0.4 is 9.38 Å². The monoisotopic (exact) mass is 433 g/mol. The van der Waals surface area contributed by atoms with Gasteiger partial charge in [0, 0.05) is 12.1 Å². The van der Waals surface area contributed by atoms with E-state index >= 15 is 0 Å². The van der Waals surface area contributed by atoms with Crippen LogP contribution in [0.3, 0.4) is 0 Å². The number of hydrogen-bond donors (Lipinski definition) is 0. The van der Waals surface area contributed by atoms with Crippen LogP contribution >= 0.6 is 0 Å². The molecule has 32 heavy (non-hydrogen) atoms. The molecule has 2 saturated heterocycles. The molecule has 4 rings (SSSR count). The number of nitrogens with zero attached hydrogens (tertiary/aromatic N) is 4. The Morgan fingerprint density at radius 1 is 1.09 bits per heavy atom. The molecular weight excluding hydrogens is 408 g/mol. The van der Waals surface area contributed by atoms with Crippen molar-refractivity contribution in [3.05, 3.63) is 60.2 Å². The second kappa shape index (κ2) is 8.91. The van der Waals surface area contributed by atoms with E-state index < -0.39 is 12.0 Å². The lowest BCUT2D eigenvalue weighted by Gasteiger charge is -2.39. The van der Waals surface area contributed by atoms with Crippen molar-refractivity contribution >= 4 is 29.2 Å². The summed E-state index contributed by atoms with van der Waals surface area (Å²) in [7, 11) is 0. The van der Waals surface area contributed by atoms with Gasteiger partial charge in [-0.2, -0.15) is 4.48 Å². The summed E-state index contributed by atoms with van der Waals surface area (Å²) < 4.78 is 5.17. The summed E-state index contributed by atoms with van der Waals surface area (Å²) in [5, 5.41) is 9.87. The van der Waals surface area contributed by atoms with E-state index in [4.69, 9.17) is 4.74 Å². The Kier molecular flexibility index (Phi) is 6.04. The van der Waals surface area contributed by atoms with Crippen molar-refractivity contribution in [2.45, 2.75) is 19.4 Å². The van der Waals surface area contributed by atoms with Crippen LogP contribution in [0.15, 0.2) is 54.6 Å². The van der Waals surface area contributed by atoms with Gasteiger partial charge in [-0.25, -0.2) is 9.69 Å². The third-order valence-corrected chi connectivity index (χ3v) is 6.18. The van der Waals surface area contributed by atoms with Gasteiger partial charge in [0.25, 0.3) is 5.91 Å². The molecule has 2 amide bonds. The number of ether oxygens (including phenoxy) is 1. The van der Waals surface area contributed by atoms with Crippen molar-refractivity contribution in [3.8, 4) is 6.19 Å². The molecule has 0 radical (unpaired) electrons. The smallest absolute Gasteiger partial charge is 0.338 e. The number of rotatable bonds is 5. The highest BCUT2D eigenvalue weighted by atomic mass is 16.5. The molecule has 0 N–H and O–H groups in total. The van der Waals surface area contributed by atoms with E-state index in [9.17, 15) is 19.6 Å². The van der Waals surface area contributed by atoms with E-state index in [-0.39, 0.29) is 29.3 Å². The Balaban J connectivity index is 1.46. The first-order valence-electron chi connectivity index (χ1n) is 10.7. The number of imide groups is 1. The molecule has 2 heterocycles. The summed E-state index contributed by atoms with van der Waals surface area (Å²) in [6.07, 6.45) is 2.54. The third kappa shape index (κ3) is 3.88.